The number of aromatic nitrogens is 2. The van der Waals surface area contributed by atoms with Crippen molar-refractivity contribution in [3.63, 3.8) is 0 Å². The maximum Gasteiger partial charge on any atom is 0.250 e. The number of primary amides is 1. The van der Waals surface area contributed by atoms with Crippen LogP contribution in [0.5, 0.6) is 0 Å². The summed E-state index contributed by atoms with van der Waals surface area (Å²) in [5.41, 5.74) is 9.20. The highest BCUT2D eigenvalue weighted by Gasteiger charge is 2.32. The van der Waals surface area contributed by atoms with Gasteiger partial charge in [0, 0.05) is 23.5 Å². The summed E-state index contributed by atoms with van der Waals surface area (Å²) in [6, 6.07) is 14.2. The highest BCUT2D eigenvalue weighted by Crippen LogP contribution is 2.36. The molecule has 0 unspecified atom stereocenters. The molecule has 1 atom stereocenters. The second-order valence-electron chi connectivity index (χ2n) is 7.54. The van der Waals surface area contributed by atoms with Gasteiger partial charge in [-0.1, -0.05) is 37.6 Å². The lowest BCUT2D eigenvalue weighted by Gasteiger charge is -2.38. The number of carbonyl (C=O) groups excluding carboxylic acids is 1. The number of hydrogen-bond donors (Lipinski definition) is 2. The molecule has 2 heterocycles. The van der Waals surface area contributed by atoms with Crippen LogP contribution in [0.3, 0.4) is 0 Å². The highest BCUT2D eigenvalue weighted by molar-refractivity contribution is 6.04. The van der Waals surface area contributed by atoms with Gasteiger partial charge in [0.15, 0.2) is 0 Å². The van der Waals surface area contributed by atoms with Crippen LogP contribution in [0.15, 0.2) is 48.7 Å². The van der Waals surface area contributed by atoms with Crippen LogP contribution in [0.1, 0.15) is 48.5 Å². The van der Waals surface area contributed by atoms with Crippen LogP contribution in [-0.4, -0.2) is 28.8 Å². The normalized spacial score (nSPS) is 20.0. The van der Waals surface area contributed by atoms with Crippen molar-refractivity contribution in [2.45, 2.75) is 38.0 Å². The van der Waals surface area contributed by atoms with Gasteiger partial charge in [-0.3, -0.25) is 4.79 Å². The first-order valence-electron chi connectivity index (χ1n) is 9.73. The summed E-state index contributed by atoms with van der Waals surface area (Å²) in [6.45, 7) is 4.43. The Labute approximate surface area is 159 Å². The Morgan fingerprint density at radius 3 is 2.74 bits per heavy atom. The monoisotopic (exact) mass is 362 g/mol. The summed E-state index contributed by atoms with van der Waals surface area (Å²) in [7, 11) is 0. The SMILES string of the molecule is CCC[C@@]1(c2ccc(-n3cc4cccc(C(N)=O)c4n3)cc2)CCCNC1. The van der Waals surface area contributed by atoms with Crippen LogP contribution in [0.4, 0.5) is 0 Å². The van der Waals surface area contributed by atoms with Crippen molar-refractivity contribution >= 4 is 16.8 Å². The van der Waals surface area contributed by atoms with Gasteiger partial charge in [-0.05, 0) is 49.6 Å². The molecule has 0 radical (unpaired) electrons. The average molecular weight is 362 g/mol. The van der Waals surface area contributed by atoms with E-state index in [9.17, 15) is 4.79 Å². The van der Waals surface area contributed by atoms with E-state index in [2.05, 4.69) is 41.6 Å². The molecule has 2 aromatic carbocycles. The Kier molecular flexibility index (Phi) is 4.70. The number of benzene rings is 2. The van der Waals surface area contributed by atoms with Gasteiger partial charge in [0.25, 0.3) is 5.91 Å². The van der Waals surface area contributed by atoms with E-state index < -0.39 is 5.91 Å². The maximum atomic E-state index is 11.6. The van der Waals surface area contributed by atoms with Crippen LogP contribution in [-0.2, 0) is 5.41 Å². The first kappa shape index (κ1) is 17.7. The Balaban J connectivity index is 1.69. The summed E-state index contributed by atoms with van der Waals surface area (Å²) in [5, 5.41) is 9.09. The van der Waals surface area contributed by atoms with Gasteiger partial charge in [0.2, 0.25) is 0 Å². The average Bonchev–Trinajstić information content (AvgIpc) is 3.13. The first-order valence-corrected chi connectivity index (χ1v) is 9.73. The molecule has 1 aliphatic heterocycles. The molecule has 0 saturated carbocycles. The van der Waals surface area contributed by atoms with E-state index in [1.807, 2.05) is 23.0 Å². The molecule has 1 fully saturated rings. The number of nitrogens with zero attached hydrogens (tertiary/aromatic N) is 2. The number of nitrogens with one attached hydrogen (secondary N) is 1. The largest absolute Gasteiger partial charge is 0.366 e. The van der Waals surface area contributed by atoms with Crippen molar-refractivity contribution in [1.29, 1.82) is 0 Å². The Morgan fingerprint density at radius 2 is 2.07 bits per heavy atom. The van der Waals surface area contributed by atoms with Gasteiger partial charge in [-0.15, -0.1) is 0 Å². The highest BCUT2D eigenvalue weighted by atomic mass is 16.1. The fraction of sp³-hybridized carbons (Fsp3) is 0.364. The zero-order valence-corrected chi connectivity index (χ0v) is 15.7. The Bertz CT molecular complexity index is 947. The van der Waals surface area contributed by atoms with Crippen molar-refractivity contribution < 1.29 is 4.79 Å². The van der Waals surface area contributed by atoms with Gasteiger partial charge >= 0.3 is 0 Å². The van der Waals surface area contributed by atoms with Crippen molar-refractivity contribution in [2.75, 3.05) is 13.1 Å². The molecule has 1 amide bonds. The van der Waals surface area contributed by atoms with Crippen molar-refractivity contribution in [2.24, 2.45) is 5.73 Å². The number of nitrogens with two attached hydrogens (primary N) is 1. The minimum Gasteiger partial charge on any atom is -0.366 e. The molecule has 5 nitrogen and oxygen atoms in total. The van der Waals surface area contributed by atoms with Crippen LogP contribution >= 0.6 is 0 Å². The Hall–Kier alpha value is -2.66. The van der Waals surface area contributed by atoms with Crippen LogP contribution < -0.4 is 11.1 Å². The molecule has 4 rings (SSSR count). The van der Waals surface area contributed by atoms with Gasteiger partial charge in [0.1, 0.15) is 5.52 Å². The van der Waals surface area contributed by atoms with Gasteiger partial charge in [-0.2, -0.15) is 5.10 Å². The van der Waals surface area contributed by atoms with E-state index >= 15 is 0 Å². The van der Waals surface area contributed by atoms with Crippen LogP contribution in [0.2, 0.25) is 0 Å². The number of rotatable bonds is 5. The predicted molar refractivity (Wildman–Crippen MR) is 108 cm³/mol. The second-order valence-corrected chi connectivity index (χ2v) is 7.54. The molecule has 0 aliphatic carbocycles. The third-order valence-corrected chi connectivity index (χ3v) is 5.75. The van der Waals surface area contributed by atoms with E-state index in [4.69, 9.17) is 5.73 Å². The van der Waals surface area contributed by atoms with Gasteiger partial charge in [0.05, 0.1) is 11.3 Å². The predicted octanol–water partition coefficient (Wildman–Crippen LogP) is 3.55. The van der Waals surface area contributed by atoms with E-state index in [0.717, 1.165) is 24.2 Å². The third-order valence-electron chi connectivity index (χ3n) is 5.75. The molecule has 0 spiro atoms. The van der Waals surface area contributed by atoms with Crippen molar-refractivity contribution in [1.82, 2.24) is 15.1 Å². The molecule has 1 saturated heterocycles. The zero-order valence-electron chi connectivity index (χ0n) is 15.7. The maximum absolute atomic E-state index is 11.6. The van der Waals surface area contributed by atoms with E-state index in [0.29, 0.717) is 11.1 Å². The van der Waals surface area contributed by atoms with E-state index in [-0.39, 0.29) is 5.41 Å². The van der Waals surface area contributed by atoms with Crippen LogP contribution in [0, 0.1) is 0 Å². The molecule has 3 N–H and O–H groups in total. The summed E-state index contributed by atoms with van der Waals surface area (Å²) < 4.78 is 1.83. The zero-order chi connectivity index (χ0) is 18.9. The number of piperidine rings is 1. The summed E-state index contributed by atoms with van der Waals surface area (Å²) in [4.78, 5) is 11.6. The minimum absolute atomic E-state index is 0.236. The second kappa shape index (κ2) is 7.16. The first-order chi connectivity index (χ1) is 13.1. The fourth-order valence-electron chi connectivity index (χ4n) is 4.39. The lowest BCUT2D eigenvalue weighted by atomic mass is 9.72. The van der Waals surface area contributed by atoms with Crippen LogP contribution in [0.25, 0.3) is 16.6 Å². The van der Waals surface area contributed by atoms with E-state index in [1.54, 1.807) is 6.07 Å². The Morgan fingerprint density at radius 1 is 1.26 bits per heavy atom. The smallest absolute Gasteiger partial charge is 0.250 e. The van der Waals surface area contributed by atoms with Crippen molar-refractivity contribution in [3.8, 4) is 5.69 Å². The quantitative estimate of drug-likeness (QED) is 0.729. The molecule has 1 aromatic heterocycles. The molecule has 27 heavy (non-hydrogen) atoms. The molecular formula is C22H26N4O. The summed E-state index contributed by atoms with van der Waals surface area (Å²) in [6.07, 6.45) is 6.79. The lowest BCUT2D eigenvalue weighted by molar-refractivity contribution is 0.100. The lowest BCUT2D eigenvalue weighted by Crippen LogP contribution is -2.43. The minimum atomic E-state index is -0.451. The summed E-state index contributed by atoms with van der Waals surface area (Å²) in [5.74, 6) is -0.451. The fourth-order valence-corrected chi connectivity index (χ4v) is 4.39. The standard InChI is InChI=1S/C22H26N4O/c1-2-11-22(12-4-13-24-15-22)17-7-9-18(10-8-17)26-14-16-5-3-6-19(21(23)27)20(16)25-26/h3,5-10,14,24H,2,4,11-13,15H2,1H3,(H2,23,27)/t22-/m1/s1. The van der Waals surface area contributed by atoms with E-state index in [1.165, 1.54) is 31.2 Å². The van der Waals surface area contributed by atoms with Gasteiger partial charge in [-0.25, -0.2) is 4.68 Å². The molecule has 0 bridgehead atoms. The molecule has 5 heteroatoms. The van der Waals surface area contributed by atoms with Gasteiger partial charge < -0.3 is 11.1 Å². The topological polar surface area (TPSA) is 72.9 Å². The molecule has 3 aromatic rings. The molecular weight excluding hydrogens is 336 g/mol. The number of fused-ring (bicyclic) bond motifs is 1. The molecule has 140 valence electrons. The summed E-state index contributed by atoms with van der Waals surface area (Å²) >= 11 is 0. The number of hydrogen-bond acceptors (Lipinski definition) is 3. The third kappa shape index (κ3) is 3.23. The van der Waals surface area contributed by atoms with Crippen molar-refractivity contribution in [3.05, 3.63) is 59.8 Å². The number of carbonyl (C=O) groups is 1. The number of amides is 1. The molecule has 1 aliphatic rings.